The summed E-state index contributed by atoms with van der Waals surface area (Å²) in [6, 6.07) is 55.9. The lowest BCUT2D eigenvalue weighted by Crippen LogP contribution is -2.28. The first-order valence-electron chi connectivity index (χ1n) is 26.4. The average Bonchev–Trinajstić information content (AvgIpc) is 3.49. The highest BCUT2D eigenvalue weighted by atomic mass is 16.5. The van der Waals surface area contributed by atoms with Gasteiger partial charge in [-0.05, 0) is 170 Å². The van der Waals surface area contributed by atoms with Crippen LogP contribution in [-0.4, -0.2) is 42.7 Å². The maximum absolute atomic E-state index is 6.43. The van der Waals surface area contributed by atoms with Gasteiger partial charge in [0.15, 0.2) is 0 Å². The van der Waals surface area contributed by atoms with Crippen molar-refractivity contribution < 1.29 is 28.4 Å². The lowest BCUT2D eigenvalue weighted by Gasteiger charge is -2.43. The van der Waals surface area contributed by atoms with E-state index in [1.165, 1.54) is 100 Å². The fourth-order valence-electron chi connectivity index (χ4n) is 15.7. The number of rotatable bonds is 6. The number of ether oxygens (including phenoxy) is 6. The van der Waals surface area contributed by atoms with Gasteiger partial charge in [-0.15, -0.1) is 0 Å². The molecule has 0 heterocycles. The van der Waals surface area contributed by atoms with Gasteiger partial charge in [0.05, 0.1) is 42.7 Å². The van der Waals surface area contributed by atoms with Gasteiger partial charge in [0.2, 0.25) is 0 Å². The molecule has 366 valence electrons. The zero-order chi connectivity index (χ0) is 50.1. The number of hydrogen-bond donors (Lipinski definition) is 0. The molecule has 0 radical (unpaired) electrons. The summed E-state index contributed by atoms with van der Waals surface area (Å²) in [4.78, 5) is 0. The summed E-state index contributed by atoms with van der Waals surface area (Å²) in [7, 11) is 10.9. The minimum absolute atomic E-state index is 0.0203. The predicted octanol–water partition coefficient (Wildman–Crippen LogP) is 13.8. The van der Waals surface area contributed by atoms with Crippen molar-refractivity contribution in [3.05, 3.63) is 279 Å². The third-order valence-corrected chi connectivity index (χ3v) is 18.6. The first-order chi connectivity index (χ1) is 36.9. The molecule has 6 atom stereocenters. The maximum atomic E-state index is 6.43. The van der Waals surface area contributed by atoms with E-state index in [0.29, 0.717) is 19.3 Å². The molecule has 38 rings (SSSR count). The van der Waals surface area contributed by atoms with Crippen LogP contribution in [0.5, 0.6) is 34.5 Å². The zero-order valence-corrected chi connectivity index (χ0v) is 42.9. The summed E-state index contributed by atoms with van der Waals surface area (Å²) >= 11 is 0. The molecule has 9 aromatic carbocycles. The van der Waals surface area contributed by atoms with Crippen LogP contribution in [0.15, 0.2) is 146 Å². The summed E-state index contributed by atoms with van der Waals surface area (Å²) in [6.07, 6.45) is 1.94. The van der Waals surface area contributed by atoms with Crippen LogP contribution in [0.4, 0.5) is 0 Å². The molecule has 0 fully saturated rings. The van der Waals surface area contributed by atoms with Gasteiger partial charge in [0.25, 0.3) is 0 Å². The molecule has 9 aromatic rings. The van der Waals surface area contributed by atoms with Gasteiger partial charge in [-0.2, -0.15) is 0 Å². The van der Waals surface area contributed by atoms with Gasteiger partial charge in [-0.3, -0.25) is 0 Å². The topological polar surface area (TPSA) is 55.4 Å². The SMILES string of the molecule is COc1cc2c3cc1Cc1cc4c(cc1OC)[C@H]1c5ccccc5C4c4cc(OC)c(cc41)Cc1cc4c(cc1OC)[C@H]1c5ccccc5C4c4cc(OC)c(cc41)Cc1cc4c(cc1OC)[C@H]3c1ccccc1C24. The molecule has 24 bridgehead atoms. The largest absolute Gasteiger partial charge is 0.496 e. The molecule has 29 aliphatic carbocycles. The van der Waals surface area contributed by atoms with E-state index in [9.17, 15) is 0 Å². The van der Waals surface area contributed by atoms with Gasteiger partial charge in [0, 0.05) is 54.8 Å². The molecule has 0 spiro atoms. The zero-order valence-electron chi connectivity index (χ0n) is 42.9. The monoisotopic (exact) mass is 978 g/mol. The summed E-state index contributed by atoms with van der Waals surface area (Å²) in [5, 5.41) is 0. The molecule has 0 aliphatic heterocycles. The Labute approximate surface area is 437 Å². The molecule has 0 saturated carbocycles. The van der Waals surface area contributed by atoms with Crippen LogP contribution in [0, 0.1) is 0 Å². The smallest absolute Gasteiger partial charge is 0.122 e. The quantitative estimate of drug-likeness (QED) is 0.165. The molecule has 0 saturated heterocycles. The molecule has 6 heteroatoms. The molecular weight excluding hydrogens is 925 g/mol. The van der Waals surface area contributed by atoms with Crippen molar-refractivity contribution >= 4 is 0 Å². The normalized spacial score (nSPS) is 20.2. The van der Waals surface area contributed by atoms with Gasteiger partial charge in [-0.25, -0.2) is 0 Å². The lowest BCUT2D eigenvalue weighted by molar-refractivity contribution is 0.403. The molecule has 0 aromatic heterocycles. The Kier molecular flexibility index (Phi) is 9.02. The van der Waals surface area contributed by atoms with E-state index >= 15 is 0 Å². The van der Waals surface area contributed by atoms with E-state index in [0.717, 1.165) is 67.9 Å². The van der Waals surface area contributed by atoms with Crippen molar-refractivity contribution in [1.29, 1.82) is 0 Å². The second kappa shape index (κ2) is 15.7. The van der Waals surface area contributed by atoms with E-state index in [2.05, 4.69) is 146 Å². The Hall–Kier alpha value is -8.22. The highest BCUT2D eigenvalue weighted by Crippen LogP contribution is 2.62. The molecule has 3 unspecified atom stereocenters. The van der Waals surface area contributed by atoms with Crippen LogP contribution < -0.4 is 28.4 Å². The van der Waals surface area contributed by atoms with Gasteiger partial charge in [-0.1, -0.05) is 109 Å². The summed E-state index contributed by atoms with van der Waals surface area (Å²) in [6.45, 7) is 0. The molecule has 75 heavy (non-hydrogen) atoms. The maximum Gasteiger partial charge on any atom is 0.122 e. The van der Waals surface area contributed by atoms with Crippen molar-refractivity contribution in [2.24, 2.45) is 0 Å². The molecule has 6 nitrogen and oxygen atoms in total. The summed E-state index contributed by atoms with van der Waals surface area (Å²) in [5.74, 6) is 5.48. The molecular formula is C69H54O6. The fraction of sp³-hybridized carbons (Fsp3) is 0.217. The second-order valence-corrected chi connectivity index (χ2v) is 21.8. The van der Waals surface area contributed by atoms with Crippen molar-refractivity contribution in [2.75, 3.05) is 42.7 Å². The summed E-state index contributed by atoms with van der Waals surface area (Å²) < 4.78 is 38.6. The van der Waals surface area contributed by atoms with Crippen molar-refractivity contribution in [3.8, 4) is 34.5 Å². The van der Waals surface area contributed by atoms with Crippen LogP contribution >= 0.6 is 0 Å². The van der Waals surface area contributed by atoms with Gasteiger partial charge in [0.1, 0.15) is 34.5 Å². The van der Waals surface area contributed by atoms with Gasteiger partial charge < -0.3 is 28.4 Å². The average molecular weight is 979 g/mol. The van der Waals surface area contributed by atoms with E-state index in [4.69, 9.17) is 28.4 Å². The summed E-state index contributed by atoms with van der Waals surface area (Å²) in [5.41, 5.74) is 30.7. The lowest BCUT2D eigenvalue weighted by atomic mass is 9.60. The Bertz CT molecular complexity index is 3350. The minimum Gasteiger partial charge on any atom is -0.496 e. The highest BCUT2D eigenvalue weighted by molar-refractivity contribution is 5.76. The highest BCUT2D eigenvalue weighted by Gasteiger charge is 2.46. The van der Waals surface area contributed by atoms with Crippen LogP contribution in [0.3, 0.4) is 0 Å². The molecule has 0 amide bonds. The van der Waals surface area contributed by atoms with Crippen molar-refractivity contribution in [1.82, 2.24) is 0 Å². The first-order valence-corrected chi connectivity index (χ1v) is 26.4. The predicted molar refractivity (Wildman–Crippen MR) is 291 cm³/mol. The fourth-order valence-corrected chi connectivity index (χ4v) is 15.7. The number of methoxy groups -OCH3 is 6. The number of benzene rings is 9. The van der Waals surface area contributed by atoms with E-state index in [1.807, 2.05) is 42.7 Å². The Morgan fingerprint density at radius 2 is 0.360 bits per heavy atom. The van der Waals surface area contributed by atoms with E-state index in [-0.39, 0.29) is 35.5 Å². The standard InChI is InChI=1S/C69H54O6/c1-70-58-28-52-46-22-34(58)19-35-23-48-54(29-59(35)71-2)67-43-16-10-9-15-42(43)66(48)55-31-61(73-4)38(26-49(55)67)21-39-27-51-57(33-63(39)75-6)68-44-17-11-12-18-45(44)69(51)56-32-62(74-5)37(25-50(56)68)20-36-24-47-53(30-60(36)72-3)65(46)41-14-8-7-13-40(41)64(47)52/h7-18,22-33,64-69H,19-21H2,1-6H3/t64-,65?,66-,67?,68?,69-/m0/s1. The Morgan fingerprint density at radius 3 is 0.507 bits per heavy atom. The molecule has 29 aliphatic rings. The minimum atomic E-state index is 0.0203. The van der Waals surface area contributed by atoms with E-state index in [1.54, 1.807) is 0 Å². The third-order valence-electron chi connectivity index (χ3n) is 18.6. The van der Waals surface area contributed by atoms with E-state index < -0.39 is 0 Å². The third kappa shape index (κ3) is 5.69. The Balaban J connectivity index is 0.965. The molecule has 0 N–H and O–H groups in total. The van der Waals surface area contributed by atoms with Crippen LogP contribution in [0.2, 0.25) is 0 Å². The Morgan fingerprint density at radius 1 is 0.213 bits per heavy atom. The van der Waals surface area contributed by atoms with Crippen molar-refractivity contribution in [3.63, 3.8) is 0 Å². The van der Waals surface area contributed by atoms with Gasteiger partial charge >= 0.3 is 0 Å². The van der Waals surface area contributed by atoms with Crippen LogP contribution in [0.1, 0.15) is 169 Å². The first kappa shape index (κ1) is 43.2. The van der Waals surface area contributed by atoms with Crippen LogP contribution in [0.25, 0.3) is 0 Å². The van der Waals surface area contributed by atoms with Crippen molar-refractivity contribution in [2.45, 2.75) is 54.8 Å². The van der Waals surface area contributed by atoms with Crippen LogP contribution in [-0.2, 0) is 19.3 Å². The number of hydrogen-bond acceptors (Lipinski definition) is 6. The second-order valence-electron chi connectivity index (χ2n) is 21.8.